The lowest BCUT2D eigenvalue weighted by atomic mass is 10.1. The summed E-state index contributed by atoms with van der Waals surface area (Å²) in [7, 11) is 0. The highest BCUT2D eigenvalue weighted by atomic mass is 16.3. The molecular weight excluding hydrogens is 262 g/mol. The molecule has 0 radical (unpaired) electrons. The van der Waals surface area contributed by atoms with E-state index < -0.39 is 0 Å². The minimum atomic E-state index is -0.0357. The van der Waals surface area contributed by atoms with Crippen molar-refractivity contribution in [2.75, 3.05) is 0 Å². The van der Waals surface area contributed by atoms with Crippen LogP contribution in [-0.4, -0.2) is 14.8 Å². The molecule has 0 saturated heterocycles. The standard InChI is InChI=1S/C17H17N3O/c1-12(2)20-16(13-8-4-3-5-9-13)18-19-17(20)14-10-6-7-11-15(14)21/h3-12,21H,1-2H3/p-1. The lowest BCUT2D eigenvalue weighted by Gasteiger charge is -2.17. The van der Waals surface area contributed by atoms with Crippen molar-refractivity contribution in [1.82, 2.24) is 14.8 Å². The van der Waals surface area contributed by atoms with Crippen molar-refractivity contribution >= 4 is 0 Å². The first-order chi connectivity index (χ1) is 10.2. The average molecular weight is 278 g/mol. The zero-order valence-electron chi connectivity index (χ0n) is 12.0. The first-order valence-corrected chi connectivity index (χ1v) is 6.95. The molecule has 0 fully saturated rings. The Hall–Kier alpha value is -2.62. The molecule has 3 rings (SSSR count). The number of hydrogen-bond acceptors (Lipinski definition) is 3. The molecule has 0 aliphatic heterocycles. The highest BCUT2D eigenvalue weighted by Gasteiger charge is 2.17. The third kappa shape index (κ3) is 2.40. The maximum Gasteiger partial charge on any atom is 0.164 e. The Morgan fingerprint density at radius 3 is 2.14 bits per heavy atom. The number of aromatic nitrogens is 3. The quantitative estimate of drug-likeness (QED) is 0.739. The van der Waals surface area contributed by atoms with Gasteiger partial charge in [0.1, 0.15) is 0 Å². The first kappa shape index (κ1) is 13.4. The van der Waals surface area contributed by atoms with Crippen LogP contribution >= 0.6 is 0 Å². The maximum absolute atomic E-state index is 12.1. The van der Waals surface area contributed by atoms with Crippen molar-refractivity contribution in [1.29, 1.82) is 0 Å². The van der Waals surface area contributed by atoms with Gasteiger partial charge in [-0.25, -0.2) is 0 Å². The molecule has 0 aliphatic carbocycles. The van der Waals surface area contributed by atoms with Gasteiger partial charge in [0.15, 0.2) is 11.6 Å². The number of para-hydroxylation sites is 1. The van der Waals surface area contributed by atoms with Crippen molar-refractivity contribution in [3.05, 3.63) is 54.6 Å². The molecule has 4 nitrogen and oxygen atoms in total. The molecule has 2 aromatic carbocycles. The summed E-state index contributed by atoms with van der Waals surface area (Å²) < 4.78 is 2.01. The number of nitrogens with zero attached hydrogens (tertiary/aromatic N) is 3. The normalized spacial score (nSPS) is 11.0. The van der Waals surface area contributed by atoms with Gasteiger partial charge in [0.25, 0.3) is 0 Å². The van der Waals surface area contributed by atoms with Gasteiger partial charge < -0.3 is 9.67 Å². The van der Waals surface area contributed by atoms with E-state index in [2.05, 4.69) is 24.0 Å². The second-order valence-corrected chi connectivity index (χ2v) is 5.17. The van der Waals surface area contributed by atoms with Gasteiger partial charge in [0, 0.05) is 17.2 Å². The molecule has 0 N–H and O–H groups in total. The van der Waals surface area contributed by atoms with E-state index in [4.69, 9.17) is 0 Å². The van der Waals surface area contributed by atoms with Gasteiger partial charge in [0.2, 0.25) is 0 Å². The molecule has 0 unspecified atom stereocenters. The molecular formula is C17H16N3O-. The Morgan fingerprint density at radius 2 is 1.48 bits per heavy atom. The smallest absolute Gasteiger partial charge is 0.164 e. The third-order valence-corrected chi connectivity index (χ3v) is 3.37. The van der Waals surface area contributed by atoms with Crippen molar-refractivity contribution in [3.63, 3.8) is 0 Å². The third-order valence-electron chi connectivity index (χ3n) is 3.37. The van der Waals surface area contributed by atoms with Crippen LogP contribution in [0, 0.1) is 0 Å². The van der Waals surface area contributed by atoms with E-state index in [1.165, 1.54) is 0 Å². The minimum Gasteiger partial charge on any atom is -0.872 e. The van der Waals surface area contributed by atoms with Gasteiger partial charge in [0.05, 0.1) is 0 Å². The van der Waals surface area contributed by atoms with E-state index >= 15 is 0 Å². The van der Waals surface area contributed by atoms with Crippen LogP contribution in [0.4, 0.5) is 0 Å². The number of benzene rings is 2. The Kier molecular flexibility index (Phi) is 3.44. The molecule has 3 aromatic rings. The Bertz CT molecular complexity index is 748. The molecule has 0 amide bonds. The van der Waals surface area contributed by atoms with Crippen molar-refractivity contribution < 1.29 is 5.11 Å². The van der Waals surface area contributed by atoms with Crippen LogP contribution in [0.15, 0.2) is 54.6 Å². The van der Waals surface area contributed by atoms with E-state index in [9.17, 15) is 5.11 Å². The van der Waals surface area contributed by atoms with E-state index in [1.807, 2.05) is 41.0 Å². The zero-order valence-corrected chi connectivity index (χ0v) is 12.0. The molecule has 106 valence electrons. The largest absolute Gasteiger partial charge is 0.872 e. The lowest BCUT2D eigenvalue weighted by Crippen LogP contribution is -2.06. The van der Waals surface area contributed by atoms with Gasteiger partial charge in [-0.2, -0.15) is 0 Å². The molecule has 1 heterocycles. The van der Waals surface area contributed by atoms with Gasteiger partial charge in [-0.1, -0.05) is 60.3 Å². The van der Waals surface area contributed by atoms with Crippen LogP contribution < -0.4 is 5.11 Å². The van der Waals surface area contributed by atoms with Gasteiger partial charge in [-0.3, -0.25) is 0 Å². The summed E-state index contributed by atoms with van der Waals surface area (Å²) in [4.78, 5) is 0. The molecule has 0 saturated carbocycles. The van der Waals surface area contributed by atoms with Gasteiger partial charge in [-0.05, 0) is 13.8 Å². The predicted molar refractivity (Wildman–Crippen MR) is 80.7 cm³/mol. The molecule has 21 heavy (non-hydrogen) atoms. The molecule has 4 heteroatoms. The van der Waals surface area contributed by atoms with Crippen LogP contribution in [0.3, 0.4) is 0 Å². The van der Waals surface area contributed by atoms with E-state index in [0.717, 1.165) is 11.4 Å². The molecule has 0 atom stereocenters. The van der Waals surface area contributed by atoms with Gasteiger partial charge >= 0.3 is 0 Å². The fourth-order valence-corrected chi connectivity index (χ4v) is 2.40. The monoisotopic (exact) mass is 278 g/mol. The second kappa shape index (κ2) is 5.40. The summed E-state index contributed by atoms with van der Waals surface area (Å²) in [6, 6.07) is 17.0. The summed E-state index contributed by atoms with van der Waals surface area (Å²) in [5.41, 5.74) is 1.58. The van der Waals surface area contributed by atoms with Crippen LogP contribution in [0.5, 0.6) is 5.75 Å². The molecule has 1 aromatic heterocycles. The van der Waals surface area contributed by atoms with Crippen LogP contribution in [0.1, 0.15) is 19.9 Å². The maximum atomic E-state index is 12.1. The highest BCUT2D eigenvalue weighted by molar-refractivity contribution is 5.67. The Labute approximate surface area is 123 Å². The summed E-state index contributed by atoms with van der Waals surface area (Å²) in [6.45, 7) is 4.12. The fraction of sp³-hybridized carbons (Fsp3) is 0.176. The van der Waals surface area contributed by atoms with E-state index in [1.54, 1.807) is 18.2 Å². The highest BCUT2D eigenvalue weighted by Crippen LogP contribution is 2.31. The fourth-order valence-electron chi connectivity index (χ4n) is 2.40. The summed E-state index contributed by atoms with van der Waals surface area (Å²) in [5.74, 6) is 1.37. The van der Waals surface area contributed by atoms with Crippen LogP contribution in [0.25, 0.3) is 22.8 Å². The van der Waals surface area contributed by atoms with Gasteiger partial charge in [-0.15, -0.1) is 10.2 Å². The number of rotatable bonds is 3. The summed E-state index contributed by atoms with van der Waals surface area (Å²) in [5, 5.41) is 20.6. The summed E-state index contributed by atoms with van der Waals surface area (Å²) >= 11 is 0. The summed E-state index contributed by atoms with van der Waals surface area (Å²) in [6.07, 6.45) is 0. The van der Waals surface area contributed by atoms with E-state index in [0.29, 0.717) is 11.4 Å². The molecule has 0 spiro atoms. The van der Waals surface area contributed by atoms with Crippen LogP contribution in [-0.2, 0) is 0 Å². The second-order valence-electron chi connectivity index (χ2n) is 5.17. The van der Waals surface area contributed by atoms with Crippen molar-refractivity contribution in [2.45, 2.75) is 19.9 Å². The first-order valence-electron chi connectivity index (χ1n) is 6.95. The van der Waals surface area contributed by atoms with Crippen molar-refractivity contribution in [3.8, 4) is 28.5 Å². The topological polar surface area (TPSA) is 53.8 Å². The Morgan fingerprint density at radius 1 is 0.857 bits per heavy atom. The van der Waals surface area contributed by atoms with E-state index in [-0.39, 0.29) is 11.8 Å². The molecule has 0 aliphatic rings. The zero-order chi connectivity index (χ0) is 14.8. The minimum absolute atomic E-state index is 0.0357. The SMILES string of the molecule is CC(C)n1c(-c2ccccc2)nnc1-c1ccccc1[O-]. The predicted octanol–water partition coefficient (Wildman–Crippen LogP) is 3.27. The average Bonchev–Trinajstić information content (AvgIpc) is 2.93. The lowest BCUT2D eigenvalue weighted by molar-refractivity contribution is -0.267. The van der Waals surface area contributed by atoms with Crippen LogP contribution in [0.2, 0.25) is 0 Å². The van der Waals surface area contributed by atoms with Crippen molar-refractivity contribution in [2.24, 2.45) is 0 Å². The number of hydrogen-bond donors (Lipinski definition) is 0. The molecule has 0 bridgehead atoms. The Balaban J connectivity index is 2.21.